The fourth-order valence-electron chi connectivity index (χ4n) is 1.66. The molecule has 0 atom stereocenters. The molecule has 2 rings (SSSR count). The molecule has 4 N–H and O–H groups in total. The summed E-state index contributed by atoms with van der Waals surface area (Å²) in [5.74, 6) is -0.274. The van der Waals surface area contributed by atoms with Gasteiger partial charge in [0.25, 0.3) is 0 Å². The van der Waals surface area contributed by atoms with Gasteiger partial charge in [0, 0.05) is 0 Å². The van der Waals surface area contributed by atoms with Gasteiger partial charge in [0.2, 0.25) is 5.95 Å². The highest BCUT2D eigenvalue weighted by atomic mass is 16.5. The molecule has 0 amide bonds. The molecule has 1 heterocycles. The lowest BCUT2D eigenvalue weighted by Gasteiger charge is -2.09. The highest BCUT2D eigenvalue weighted by Crippen LogP contribution is 2.24. The SMILES string of the molecule is Cc1cccc(C(=O)Oc2c(C)nc(N)nc2N)c1. The van der Waals surface area contributed by atoms with Crippen LogP contribution in [0.15, 0.2) is 24.3 Å². The lowest BCUT2D eigenvalue weighted by atomic mass is 10.1. The van der Waals surface area contributed by atoms with Crippen molar-refractivity contribution in [1.29, 1.82) is 0 Å². The minimum absolute atomic E-state index is 0.0466. The lowest BCUT2D eigenvalue weighted by Crippen LogP contribution is -2.13. The predicted molar refractivity (Wildman–Crippen MR) is 71.7 cm³/mol. The highest BCUT2D eigenvalue weighted by Gasteiger charge is 2.15. The summed E-state index contributed by atoms with van der Waals surface area (Å²) in [7, 11) is 0. The van der Waals surface area contributed by atoms with Gasteiger partial charge in [-0.2, -0.15) is 4.98 Å². The molecule has 0 saturated carbocycles. The van der Waals surface area contributed by atoms with E-state index in [4.69, 9.17) is 16.2 Å². The Morgan fingerprint density at radius 1 is 1.21 bits per heavy atom. The van der Waals surface area contributed by atoms with Crippen LogP contribution in [-0.4, -0.2) is 15.9 Å². The number of hydrogen-bond acceptors (Lipinski definition) is 6. The van der Waals surface area contributed by atoms with E-state index >= 15 is 0 Å². The molecule has 1 aromatic carbocycles. The van der Waals surface area contributed by atoms with Gasteiger partial charge >= 0.3 is 5.97 Å². The maximum absolute atomic E-state index is 12.0. The summed E-state index contributed by atoms with van der Waals surface area (Å²) in [5, 5.41) is 0. The average Bonchev–Trinajstić information content (AvgIpc) is 2.33. The van der Waals surface area contributed by atoms with Crippen molar-refractivity contribution < 1.29 is 9.53 Å². The zero-order valence-electron chi connectivity index (χ0n) is 10.7. The number of nitrogens with zero attached hydrogens (tertiary/aromatic N) is 2. The van der Waals surface area contributed by atoms with E-state index in [2.05, 4.69) is 9.97 Å². The Morgan fingerprint density at radius 3 is 2.58 bits per heavy atom. The quantitative estimate of drug-likeness (QED) is 0.790. The first-order valence-corrected chi connectivity index (χ1v) is 5.66. The third kappa shape index (κ3) is 2.79. The largest absolute Gasteiger partial charge is 0.417 e. The van der Waals surface area contributed by atoms with Gasteiger partial charge < -0.3 is 16.2 Å². The van der Waals surface area contributed by atoms with Gasteiger partial charge in [-0.25, -0.2) is 9.78 Å². The number of esters is 1. The molecule has 6 heteroatoms. The lowest BCUT2D eigenvalue weighted by molar-refractivity contribution is 0.0733. The van der Waals surface area contributed by atoms with Crippen LogP contribution in [0.1, 0.15) is 21.6 Å². The molecule has 0 aliphatic rings. The number of nitrogen functional groups attached to an aromatic ring is 2. The number of benzene rings is 1. The number of ether oxygens (including phenoxy) is 1. The molecule has 0 spiro atoms. The fourth-order valence-corrected chi connectivity index (χ4v) is 1.66. The predicted octanol–water partition coefficient (Wildman–Crippen LogP) is 1.48. The number of hydrogen-bond donors (Lipinski definition) is 2. The van der Waals surface area contributed by atoms with Crippen LogP contribution in [-0.2, 0) is 0 Å². The zero-order valence-corrected chi connectivity index (χ0v) is 10.7. The van der Waals surface area contributed by atoms with Crippen molar-refractivity contribution in [3.05, 3.63) is 41.1 Å². The zero-order chi connectivity index (χ0) is 14.0. The molecule has 1 aromatic heterocycles. The van der Waals surface area contributed by atoms with E-state index in [-0.39, 0.29) is 17.5 Å². The molecule has 19 heavy (non-hydrogen) atoms. The van der Waals surface area contributed by atoms with Crippen LogP contribution in [0.4, 0.5) is 11.8 Å². The number of nitrogens with two attached hydrogens (primary N) is 2. The molecule has 0 bridgehead atoms. The first-order chi connectivity index (χ1) is 8.97. The van der Waals surface area contributed by atoms with E-state index in [9.17, 15) is 4.79 Å². The monoisotopic (exact) mass is 258 g/mol. The first kappa shape index (κ1) is 12.8. The number of carbonyl (C=O) groups is 1. The molecule has 0 aliphatic carbocycles. The van der Waals surface area contributed by atoms with Crippen LogP contribution < -0.4 is 16.2 Å². The van der Waals surface area contributed by atoms with E-state index in [1.54, 1.807) is 25.1 Å². The van der Waals surface area contributed by atoms with Crippen LogP contribution in [0.3, 0.4) is 0 Å². The number of anilines is 2. The second kappa shape index (κ2) is 4.93. The van der Waals surface area contributed by atoms with Crippen LogP contribution in [0.5, 0.6) is 5.75 Å². The van der Waals surface area contributed by atoms with E-state index in [0.29, 0.717) is 11.3 Å². The smallest absolute Gasteiger partial charge is 0.343 e. The van der Waals surface area contributed by atoms with Crippen molar-refractivity contribution in [1.82, 2.24) is 9.97 Å². The number of rotatable bonds is 2. The molecule has 2 aromatic rings. The van der Waals surface area contributed by atoms with Crippen molar-refractivity contribution in [2.45, 2.75) is 13.8 Å². The second-order valence-electron chi connectivity index (χ2n) is 4.14. The van der Waals surface area contributed by atoms with E-state index < -0.39 is 5.97 Å². The molecular weight excluding hydrogens is 244 g/mol. The summed E-state index contributed by atoms with van der Waals surface area (Å²) >= 11 is 0. The Labute approximate surface area is 110 Å². The maximum Gasteiger partial charge on any atom is 0.343 e. The van der Waals surface area contributed by atoms with Crippen LogP contribution >= 0.6 is 0 Å². The molecule has 98 valence electrons. The number of carbonyl (C=O) groups excluding carboxylic acids is 1. The Kier molecular flexibility index (Phi) is 3.33. The Morgan fingerprint density at radius 2 is 1.95 bits per heavy atom. The van der Waals surface area contributed by atoms with E-state index in [0.717, 1.165) is 5.56 Å². The van der Waals surface area contributed by atoms with Gasteiger partial charge in [0.15, 0.2) is 11.6 Å². The summed E-state index contributed by atoms with van der Waals surface area (Å²) in [4.78, 5) is 19.7. The third-order valence-corrected chi connectivity index (χ3v) is 2.53. The summed E-state index contributed by atoms with van der Waals surface area (Å²) in [6.07, 6.45) is 0. The Bertz CT molecular complexity index is 617. The highest BCUT2D eigenvalue weighted by molar-refractivity contribution is 5.91. The Hall–Kier alpha value is -2.63. The van der Waals surface area contributed by atoms with Crippen LogP contribution in [0.25, 0.3) is 0 Å². The summed E-state index contributed by atoms with van der Waals surface area (Å²) < 4.78 is 5.23. The van der Waals surface area contributed by atoms with Gasteiger partial charge in [-0.1, -0.05) is 17.7 Å². The maximum atomic E-state index is 12.0. The third-order valence-electron chi connectivity index (χ3n) is 2.53. The molecule has 6 nitrogen and oxygen atoms in total. The fraction of sp³-hybridized carbons (Fsp3) is 0.154. The van der Waals surface area contributed by atoms with Crippen LogP contribution in [0, 0.1) is 13.8 Å². The van der Waals surface area contributed by atoms with E-state index in [1.165, 1.54) is 0 Å². The minimum Gasteiger partial charge on any atom is -0.417 e. The van der Waals surface area contributed by atoms with Gasteiger partial charge in [-0.15, -0.1) is 0 Å². The van der Waals surface area contributed by atoms with Gasteiger partial charge in [0.1, 0.15) is 0 Å². The van der Waals surface area contributed by atoms with Crippen molar-refractivity contribution in [3.8, 4) is 5.75 Å². The first-order valence-electron chi connectivity index (χ1n) is 5.66. The normalized spacial score (nSPS) is 10.2. The Balaban J connectivity index is 2.29. The van der Waals surface area contributed by atoms with Gasteiger partial charge in [-0.05, 0) is 26.0 Å². The second-order valence-corrected chi connectivity index (χ2v) is 4.14. The average molecular weight is 258 g/mol. The molecular formula is C13H14N4O2. The summed E-state index contributed by atoms with van der Waals surface area (Å²) in [6.45, 7) is 3.54. The molecule has 0 saturated heterocycles. The van der Waals surface area contributed by atoms with Crippen molar-refractivity contribution in [2.24, 2.45) is 0 Å². The molecule has 0 fully saturated rings. The summed E-state index contributed by atoms with van der Waals surface area (Å²) in [6, 6.07) is 7.06. The van der Waals surface area contributed by atoms with Crippen molar-refractivity contribution >= 4 is 17.7 Å². The van der Waals surface area contributed by atoms with Gasteiger partial charge in [0.05, 0.1) is 11.3 Å². The number of aryl methyl sites for hydroxylation is 2. The molecule has 0 unspecified atom stereocenters. The minimum atomic E-state index is -0.508. The standard InChI is InChI=1S/C13H14N4O2/c1-7-4-3-5-9(6-7)12(18)19-10-8(2)16-13(15)17-11(10)14/h3-6H,1-2H3,(H4,14,15,16,17). The van der Waals surface area contributed by atoms with Crippen molar-refractivity contribution in [3.63, 3.8) is 0 Å². The number of aromatic nitrogens is 2. The topological polar surface area (TPSA) is 104 Å². The van der Waals surface area contributed by atoms with Gasteiger partial charge in [-0.3, -0.25) is 0 Å². The van der Waals surface area contributed by atoms with Crippen molar-refractivity contribution in [2.75, 3.05) is 11.5 Å². The molecule has 0 aliphatic heterocycles. The summed E-state index contributed by atoms with van der Waals surface area (Å²) in [5.41, 5.74) is 12.9. The van der Waals surface area contributed by atoms with E-state index in [1.807, 2.05) is 13.0 Å². The van der Waals surface area contributed by atoms with Crippen LogP contribution in [0.2, 0.25) is 0 Å². The molecule has 0 radical (unpaired) electrons.